The van der Waals surface area contributed by atoms with Crippen molar-refractivity contribution in [3.63, 3.8) is 0 Å². The second kappa shape index (κ2) is 9.97. The summed E-state index contributed by atoms with van der Waals surface area (Å²) >= 11 is 0. The summed E-state index contributed by atoms with van der Waals surface area (Å²) < 4.78 is 0. The van der Waals surface area contributed by atoms with Crippen LogP contribution in [-0.4, -0.2) is 29.9 Å². The van der Waals surface area contributed by atoms with Crippen molar-refractivity contribution in [2.45, 2.75) is 52.6 Å². The van der Waals surface area contributed by atoms with E-state index in [1.54, 1.807) is 0 Å². The maximum atomic E-state index is 12.0. The summed E-state index contributed by atoms with van der Waals surface area (Å²) in [5.74, 6) is 0.0819. The van der Waals surface area contributed by atoms with Crippen LogP contribution in [0.4, 0.5) is 0 Å². The molecule has 0 heterocycles. The standard InChI is InChI=1S/C18H27N3O/c1-4-5-6-11-20-18(22)14-21(15(2)3)13-17-9-7-16(12-19)8-10-17/h7-10,15H,4-6,11,13-14H2,1-3H3,(H,20,22). The molecule has 4 nitrogen and oxygen atoms in total. The molecular formula is C18H27N3O. The molecule has 0 radical (unpaired) electrons. The third-order valence-corrected chi connectivity index (χ3v) is 3.65. The van der Waals surface area contributed by atoms with Crippen LogP contribution in [0.3, 0.4) is 0 Å². The summed E-state index contributed by atoms with van der Waals surface area (Å²) in [6, 6.07) is 9.95. The molecule has 0 spiro atoms. The Labute approximate surface area is 134 Å². The molecule has 1 N–H and O–H groups in total. The zero-order chi connectivity index (χ0) is 16.4. The highest BCUT2D eigenvalue weighted by Crippen LogP contribution is 2.09. The molecule has 0 unspecified atom stereocenters. The van der Waals surface area contributed by atoms with Crippen LogP contribution in [-0.2, 0) is 11.3 Å². The van der Waals surface area contributed by atoms with E-state index >= 15 is 0 Å². The summed E-state index contributed by atoms with van der Waals surface area (Å²) in [4.78, 5) is 14.2. The molecular weight excluding hydrogens is 274 g/mol. The summed E-state index contributed by atoms with van der Waals surface area (Å²) in [6.07, 6.45) is 3.35. The van der Waals surface area contributed by atoms with Crippen molar-refractivity contribution in [3.8, 4) is 6.07 Å². The SMILES string of the molecule is CCCCCNC(=O)CN(Cc1ccc(C#N)cc1)C(C)C. The molecule has 4 heteroatoms. The van der Waals surface area contributed by atoms with Crippen molar-refractivity contribution in [1.29, 1.82) is 5.26 Å². The Kier molecular flexibility index (Phi) is 8.24. The zero-order valence-electron chi connectivity index (χ0n) is 13.9. The second-order valence-corrected chi connectivity index (χ2v) is 5.86. The lowest BCUT2D eigenvalue weighted by Gasteiger charge is -2.26. The van der Waals surface area contributed by atoms with Crippen LogP contribution in [0, 0.1) is 11.3 Å². The Morgan fingerprint density at radius 2 is 1.95 bits per heavy atom. The van der Waals surface area contributed by atoms with Gasteiger partial charge < -0.3 is 5.32 Å². The van der Waals surface area contributed by atoms with E-state index in [0.29, 0.717) is 18.7 Å². The average molecular weight is 301 g/mol. The molecule has 1 rings (SSSR count). The summed E-state index contributed by atoms with van der Waals surface area (Å²) in [5.41, 5.74) is 1.78. The Morgan fingerprint density at radius 3 is 2.50 bits per heavy atom. The van der Waals surface area contributed by atoms with Gasteiger partial charge in [0, 0.05) is 19.1 Å². The van der Waals surface area contributed by atoms with Crippen LogP contribution in [0.1, 0.15) is 51.2 Å². The normalized spacial score (nSPS) is 10.7. The van der Waals surface area contributed by atoms with E-state index in [4.69, 9.17) is 5.26 Å². The monoisotopic (exact) mass is 301 g/mol. The van der Waals surface area contributed by atoms with E-state index in [2.05, 4.69) is 37.1 Å². The number of hydrogen-bond donors (Lipinski definition) is 1. The minimum Gasteiger partial charge on any atom is -0.355 e. The smallest absolute Gasteiger partial charge is 0.234 e. The van der Waals surface area contributed by atoms with Crippen LogP contribution in [0.5, 0.6) is 0 Å². The third kappa shape index (κ3) is 6.73. The molecule has 0 saturated carbocycles. The van der Waals surface area contributed by atoms with Gasteiger partial charge in [-0.3, -0.25) is 9.69 Å². The maximum absolute atomic E-state index is 12.0. The van der Waals surface area contributed by atoms with Crippen LogP contribution in [0.2, 0.25) is 0 Å². The highest BCUT2D eigenvalue weighted by molar-refractivity contribution is 5.78. The number of carbonyl (C=O) groups excluding carboxylic acids is 1. The molecule has 1 aromatic carbocycles. The number of benzene rings is 1. The fourth-order valence-corrected chi connectivity index (χ4v) is 2.18. The van der Waals surface area contributed by atoms with Crippen molar-refractivity contribution in [2.24, 2.45) is 0 Å². The van der Waals surface area contributed by atoms with E-state index in [0.717, 1.165) is 31.4 Å². The molecule has 0 bridgehead atoms. The minimum atomic E-state index is 0.0819. The first-order valence-corrected chi connectivity index (χ1v) is 8.06. The number of nitrogens with zero attached hydrogens (tertiary/aromatic N) is 2. The number of nitriles is 1. The summed E-state index contributed by atoms with van der Waals surface area (Å²) in [6.45, 7) is 8.22. The second-order valence-electron chi connectivity index (χ2n) is 5.86. The topological polar surface area (TPSA) is 56.1 Å². The predicted molar refractivity (Wildman–Crippen MR) is 89.2 cm³/mol. The quantitative estimate of drug-likeness (QED) is 0.713. The zero-order valence-corrected chi connectivity index (χ0v) is 13.9. The van der Waals surface area contributed by atoms with Gasteiger partial charge in [0.25, 0.3) is 0 Å². The van der Waals surface area contributed by atoms with Crippen LogP contribution in [0.15, 0.2) is 24.3 Å². The third-order valence-electron chi connectivity index (χ3n) is 3.65. The van der Waals surface area contributed by atoms with Gasteiger partial charge in [-0.05, 0) is 38.0 Å². The molecule has 0 saturated heterocycles. The highest BCUT2D eigenvalue weighted by Gasteiger charge is 2.14. The number of carbonyl (C=O) groups is 1. The first-order chi connectivity index (χ1) is 10.6. The lowest BCUT2D eigenvalue weighted by molar-refractivity contribution is -0.122. The summed E-state index contributed by atoms with van der Waals surface area (Å²) in [7, 11) is 0. The van der Waals surface area contributed by atoms with Gasteiger partial charge in [0.05, 0.1) is 18.2 Å². The molecule has 0 aromatic heterocycles. The maximum Gasteiger partial charge on any atom is 0.234 e. The van der Waals surface area contributed by atoms with Crippen molar-refractivity contribution in [1.82, 2.24) is 10.2 Å². The van der Waals surface area contributed by atoms with Gasteiger partial charge in [-0.1, -0.05) is 31.9 Å². The molecule has 0 fully saturated rings. The summed E-state index contributed by atoms with van der Waals surface area (Å²) in [5, 5.41) is 11.8. The molecule has 0 atom stereocenters. The number of rotatable bonds is 9. The minimum absolute atomic E-state index is 0.0819. The number of nitrogens with one attached hydrogen (secondary N) is 1. The Hall–Kier alpha value is -1.86. The Morgan fingerprint density at radius 1 is 1.27 bits per heavy atom. The van der Waals surface area contributed by atoms with Crippen LogP contribution in [0.25, 0.3) is 0 Å². The van der Waals surface area contributed by atoms with E-state index in [1.165, 1.54) is 0 Å². The van der Waals surface area contributed by atoms with Crippen LogP contribution < -0.4 is 5.32 Å². The molecule has 0 aliphatic carbocycles. The van der Waals surface area contributed by atoms with E-state index in [1.807, 2.05) is 24.3 Å². The number of hydrogen-bond acceptors (Lipinski definition) is 3. The van der Waals surface area contributed by atoms with E-state index in [-0.39, 0.29) is 11.9 Å². The first-order valence-electron chi connectivity index (χ1n) is 8.06. The van der Waals surface area contributed by atoms with Crippen molar-refractivity contribution < 1.29 is 4.79 Å². The van der Waals surface area contributed by atoms with Crippen molar-refractivity contribution >= 4 is 5.91 Å². The highest BCUT2D eigenvalue weighted by atomic mass is 16.2. The predicted octanol–water partition coefficient (Wildman–Crippen LogP) is 3.08. The largest absolute Gasteiger partial charge is 0.355 e. The molecule has 120 valence electrons. The average Bonchev–Trinajstić information content (AvgIpc) is 2.51. The molecule has 0 aliphatic rings. The van der Waals surface area contributed by atoms with Crippen LogP contribution >= 0.6 is 0 Å². The molecule has 22 heavy (non-hydrogen) atoms. The van der Waals surface area contributed by atoms with E-state index in [9.17, 15) is 4.79 Å². The van der Waals surface area contributed by atoms with Gasteiger partial charge in [-0.25, -0.2) is 0 Å². The van der Waals surface area contributed by atoms with Gasteiger partial charge in [-0.15, -0.1) is 0 Å². The van der Waals surface area contributed by atoms with Crippen molar-refractivity contribution in [2.75, 3.05) is 13.1 Å². The van der Waals surface area contributed by atoms with Gasteiger partial charge in [0.2, 0.25) is 5.91 Å². The van der Waals surface area contributed by atoms with E-state index < -0.39 is 0 Å². The van der Waals surface area contributed by atoms with Gasteiger partial charge in [0.15, 0.2) is 0 Å². The lowest BCUT2D eigenvalue weighted by atomic mass is 10.1. The first kappa shape index (κ1) is 18.2. The van der Waals surface area contributed by atoms with Gasteiger partial charge >= 0.3 is 0 Å². The molecule has 1 amide bonds. The molecule has 1 aromatic rings. The van der Waals surface area contributed by atoms with Crippen molar-refractivity contribution in [3.05, 3.63) is 35.4 Å². The number of amides is 1. The fourth-order valence-electron chi connectivity index (χ4n) is 2.18. The lowest BCUT2D eigenvalue weighted by Crippen LogP contribution is -2.40. The van der Waals surface area contributed by atoms with Gasteiger partial charge in [-0.2, -0.15) is 5.26 Å². The Bertz CT molecular complexity index is 488. The fraction of sp³-hybridized carbons (Fsp3) is 0.556. The van der Waals surface area contributed by atoms with Gasteiger partial charge in [0.1, 0.15) is 0 Å². The molecule has 0 aliphatic heterocycles. The number of unbranched alkanes of at least 4 members (excludes halogenated alkanes) is 2. The Balaban J connectivity index is 2.50.